The molecule has 1 N–H and O–H groups in total. The van der Waals surface area contributed by atoms with Gasteiger partial charge in [0.1, 0.15) is 12.2 Å². The van der Waals surface area contributed by atoms with E-state index >= 15 is 0 Å². The lowest BCUT2D eigenvalue weighted by atomic mass is 10.2. The summed E-state index contributed by atoms with van der Waals surface area (Å²) >= 11 is 0. The highest BCUT2D eigenvalue weighted by atomic mass is 16.5. The minimum absolute atomic E-state index is 0.0894. The molecule has 0 aliphatic carbocycles. The van der Waals surface area contributed by atoms with E-state index in [0.717, 1.165) is 6.07 Å². The quantitative estimate of drug-likeness (QED) is 0.849. The van der Waals surface area contributed by atoms with Gasteiger partial charge in [0.15, 0.2) is 5.43 Å². The van der Waals surface area contributed by atoms with Crippen LogP contribution in [0, 0.1) is 0 Å². The van der Waals surface area contributed by atoms with Gasteiger partial charge in [-0.25, -0.2) is 4.79 Å². The summed E-state index contributed by atoms with van der Waals surface area (Å²) < 4.78 is 14.5. The van der Waals surface area contributed by atoms with Crippen molar-refractivity contribution in [2.45, 2.75) is 0 Å². The third kappa shape index (κ3) is 3.26. The van der Waals surface area contributed by atoms with Crippen LogP contribution in [0.4, 0.5) is 5.69 Å². The Bertz CT molecular complexity index is 749. The van der Waals surface area contributed by atoms with Gasteiger partial charge >= 0.3 is 5.97 Å². The van der Waals surface area contributed by atoms with Gasteiger partial charge in [0.05, 0.1) is 12.5 Å². The van der Waals surface area contributed by atoms with Crippen molar-refractivity contribution in [1.29, 1.82) is 0 Å². The molecule has 1 aromatic carbocycles. The van der Waals surface area contributed by atoms with Crippen LogP contribution in [0.3, 0.4) is 0 Å². The SMILES string of the molecule is COCC(=O)Nc1ccc2oc(C(=O)OC)cc(=O)c2c1. The molecule has 1 amide bonds. The van der Waals surface area contributed by atoms with E-state index < -0.39 is 11.4 Å². The summed E-state index contributed by atoms with van der Waals surface area (Å²) in [5.41, 5.74) is 0.259. The molecule has 0 unspecified atom stereocenters. The molecular formula is C14H13NO6. The Morgan fingerprint density at radius 3 is 2.67 bits per heavy atom. The molecule has 2 aromatic rings. The van der Waals surface area contributed by atoms with Gasteiger partial charge in [0, 0.05) is 18.9 Å². The molecule has 0 atom stereocenters. The van der Waals surface area contributed by atoms with Crippen LogP contribution in [0.15, 0.2) is 33.5 Å². The number of amides is 1. The molecule has 1 heterocycles. The lowest BCUT2D eigenvalue weighted by Gasteiger charge is -2.06. The zero-order valence-corrected chi connectivity index (χ0v) is 11.5. The van der Waals surface area contributed by atoms with E-state index in [2.05, 4.69) is 10.1 Å². The maximum Gasteiger partial charge on any atom is 0.374 e. The number of anilines is 1. The molecule has 0 spiro atoms. The van der Waals surface area contributed by atoms with Crippen molar-refractivity contribution in [2.75, 3.05) is 26.1 Å². The Morgan fingerprint density at radius 1 is 1.24 bits per heavy atom. The van der Waals surface area contributed by atoms with Crippen molar-refractivity contribution in [3.63, 3.8) is 0 Å². The zero-order chi connectivity index (χ0) is 15.4. The number of rotatable bonds is 4. The van der Waals surface area contributed by atoms with Crippen molar-refractivity contribution in [3.05, 3.63) is 40.2 Å². The number of carbonyl (C=O) groups excluding carboxylic acids is 2. The molecule has 0 aliphatic rings. The molecule has 2 rings (SSSR count). The largest absolute Gasteiger partial charge is 0.463 e. The zero-order valence-electron chi connectivity index (χ0n) is 11.5. The fourth-order valence-corrected chi connectivity index (χ4v) is 1.76. The van der Waals surface area contributed by atoms with Gasteiger partial charge in [-0.2, -0.15) is 0 Å². The second kappa shape index (κ2) is 6.19. The summed E-state index contributed by atoms with van der Waals surface area (Å²) in [6.45, 7) is -0.0894. The molecule has 7 nitrogen and oxygen atoms in total. The highest BCUT2D eigenvalue weighted by Crippen LogP contribution is 2.18. The van der Waals surface area contributed by atoms with Crippen molar-refractivity contribution < 1.29 is 23.5 Å². The molecule has 7 heteroatoms. The average molecular weight is 291 g/mol. The second-order valence-electron chi connectivity index (χ2n) is 4.16. The normalized spacial score (nSPS) is 10.4. The summed E-state index contributed by atoms with van der Waals surface area (Å²) in [7, 11) is 2.60. The number of hydrogen-bond donors (Lipinski definition) is 1. The maximum absolute atomic E-state index is 12.0. The number of carbonyl (C=O) groups is 2. The molecule has 0 aliphatic heterocycles. The first-order valence-corrected chi connectivity index (χ1v) is 6.00. The summed E-state index contributed by atoms with van der Waals surface area (Å²) in [6, 6.07) is 5.57. The fraction of sp³-hybridized carbons (Fsp3) is 0.214. The van der Waals surface area contributed by atoms with E-state index in [1.807, 2.05) is 0 Å². The molecule has 1 aromatic heterocycles. The highest BCUT2D eigenvalue weighted by molar-refractivity contribution is 5.94. The van der Waals surface area contributed by atoms with Gasteiger partial charge in [-0.05, 0) is 18.2 Å². The molecule has 0 radical (unpaired) electrons. The number of ether oxygens (including phenoxy) is 2. The van der Waals surface area contributed by atoms with Crippen LogP contribution in [0.2, 0.25) is 0 Å². The number of methoxy groups -OCH3 is 2. The lowest BCUT2D eigenvalue weighted by molar-refractivity contribution is -0.119. The average Bonchev–Trinajstić information content (AvgIpc) is 2.47. The summed E-state index contributed by atoms with van der Waals surface area (Å²) in [6.07, 6.45) is 0. The first-order chi connectivity index (χ1) is 10.0. The predicted octanol–water partition coefficient (Wildman–Crippen LogP) is 1.16. The van der Waals surface area contributed by atoms with Crippen LogP contribution < -0.4 is 10.7 Å². The van der Waals surface area contributed by atoms with Gasteiger partial charge in [0.25, 0.3) is 0 Å². The number of hydrogen-bond acceptors (Lipinski definition) is 6. The number of benzene rings is 1. The number of fused-ring (bicyclic) bond motifs is 1. The highest BCUT2D eigenvalue weighted by Gasteiger charge is 2.13. The van der Waals surface area contributed by atoms with Gasteiger partial charge in [0.2, 0.25) is 11.7 Å². The van der Waals surface area contributed by atoms with E-state index in [1.54, 1.807) is 6.07 Å². The summed E-state index contributed by atoms with van der Waals surface area (Å²) in [5.74, 6) is -1.25. The standard InChI is InChI=1S/C14H13NO6/c1-19-7-13(17)15-8-3-4-11-9(5-8)10(16)6-12(21-11)14(18)20-2/h3-6H,7H2,1-2H3,(H,15,17). The minimum Gasteiger partial charge on any atom is -0.463 e. The number of nitrogens with one attached hydrogen (secondary N) is 1. The van der Waals surface area contributed by atoms with E-state index in [1.165, 1.54) is 26.4 Å². The van der Waals surface area contributed by atoms with Crippen molar-refractivity contribution in [3.8, 4) is 0 Å². The second-order valence-corrected chi connectivity index (χ2v) is 4.16. The topological polar surface area (TPSA) is 94.8 Å². The Labute approximate surface area is 119 Å². The van der Waals surface area contributed by atoms with Crippen LogP contribution in [-0.4, -0.2) is 32.7 Å². The van der Waals surface area contributed by atoms with E-state index in [4.69, 9.17) is 9.15 Å². The fourth-order valence-electron chi connectivity index (χ4n) is 1.76. The van der Waals surface area contributed by atoms with Gasteiger partial charge in [-0.3, -0.25) is 9.59 Å². The van der Waals surface area contributed by atoms with Crippen LogP contribution in [0.1, 0.15) is 10.6 Å². The number of esters is 1. The van der Waals surface area contributed by atoms with E-state index in [9.17, 15) is 14.4 Å². The predicted molar refractivity (Wildman–Crippen MR) is 74.3 cm³/mol. The Hall–Kier alpha value is -2.67. The third-order valence-electron chi connectivity index (χ3n) is 2.67. The molecule has 21 heavy (non-hydrogen) atoms. The van der Waals surface area contributed by atoms with Crippen molar-refractivity contribution >= 4 is 28.5 Å². The molecule has 0 saturated carbocycles. The van der Waals surface area contributed by atoms with Crippen LogP contribution in [-0.2, 0) is 14.3 Å². The first-order valence-electron chi connectivity index (χ1n) is 6.00. The minimum atomic E-state index is -0.730. The third-order valence-corrected chi connectivity index (χ3v) is 2.67. The van der Waals surface area contributed by atoms with Crippen molar-refractivity contribution in [1.82, 2.24) is 0 Å². The first kappa shape index (κ1) is 14.7. The van der Waals surface area contributed by atoms with Gasteiger partial charge in [-0.1, -0.05) is 0 Å². The Kier molecular flexibility index (Phi) is 4.34. The smallest absolute Gasteiger partial charge is 0.374 e. The summed E-state index contributed by atoms with van der Waals surface area (Å²) in [4.78, 5) is 34.8. The van der Waals surface area contributed by atoms with E-state index in [0.29, 0.717) is 5.69 Å². The molecular weight excluding hydrogens is 278 g/mol. The van der Waals surface area contributed by atoms with Gasteiger partial charge < -0.3 is 19.2 Å². The molecule has 110 valence electrons. The monoisotopic (exact) mass is 291 g/mol. The summed E-state index contributed by atoms with van der Waals surface area (Å²) in [5, 5.41) is 2.82. The molecule has 0 bridgehead atoms. The molecule has 0 fully saturated rings. The van der Waals surface area contributed by atoms with Crippen LogP contribution in [0.5, 0.6) is 0 Å². The van der Waals surface area contributed by atoms with Crippen LogP contribution in [0.25, 0.3) is 11.0 Å². The maximum atomic E-state index is 12.0. The van der Waals surface area contributed by atoms with Gasteiger partial charge in [-0.15, -0.1) is 0 Å². The lowest BCUT2D eigenvalue weighted by Crippen LogP contribution is -2.17. The Balaban J connectivity index is 2.40. The van der Waals surface area contributed by atoms with E-state index in [-0.39, 0.29) is 29.2 Å². The van der Waals surface area contributed by atoms with Crippen molar-refractivity contribution in [2.24, 2.45) is 0 Å². The van der Waals surface area contributed by atoms with Crippen LogP contribution >= 0.6 is 0 Å². The Morgan fingerprint density at radius 2 is 2.00 bits per heavy atom. The molecule has 0 saturated heterocycles.